The number of alkyl halides is 3. The third-order valence-corrected chi connectivity index (χ3v) is 6.49. The number of allylic oxidation sites excluding steroid dienone is 3. The van der Waals surface area contributed by atoms with E-state index in [0.29, 0.717) is 50.6 Å². The van der Waals surface area contributed by atoms with Crippen LogP contribution in [-0.4, -0.2) is 71.6 Å². The van der Waals surface area contributed by atoms with Gasteiger partial charge in [-0.1, -0.05) is 19.1 Å². The predicted octanol–water partition coefficient (Wildman–Crippen LogP) is 4.19. The largest absolute Gasteiger partial charge is 0.468 e. The molecular formula is C26H32F3N5O3. The molecule has 1 aromatic heterocycles. The number of aromatic nitrogens is 1. The number of Topliss-reactive ketones (excluding diaryl/α,β-unsaturated/α-hetero) is 1. The molecule has 1 atom stereocenters. The highest BCUT2D eigenvalue weighted by Gasteiger charge is 2.36. The topological polar surface area (TPSA) is 87.5 Å². The Labute approximate surface area is 214 Å². The summed E-state index contributed by atoms with van der Waals surface area (Å²) in [6.45, 7) is 9.39. The highest BCUT2D eigenvalue weighted by molar-refractivity contribution is 5.99. The molecule has 0 radical (unpaired) electrons. The number of nitrogens with zero attached hydrogens (tertiary/aromatic N) is 5. The lowest BCUT2D eigenvalue weighted by atomic mass is 9.89. The Morgan fingerprint density at radius 2 is 2.05 bits per heavy atom. The van der Waals surface area contributed by atoms with Crippen molar-refractivity contribution in [2.24, 2.45) is 21.8 Å². The highest BCUT2D eigenvalue weighted by atomic mass is 19.4. The first-order valence-electron chi connectivity index (χ1n) is 12.2. The number of pyridine rings is 1. The second-order valence-electron chi connectivity index (χ2n) is 9.08. The van der Waals surface area contributed by atoms with E-state index in [-0.39, 0.29) is 29.4 Å². The lowest BCUT2D eigenvalue weighted by molar-refractivity contribution is -0.154. The van der Waals surface area contributed by atoms with Crippen LogP contribution < -0.4 is 4.74 Å². The van der Waals surface area contributed by atoms with Gasteiger partial charge in [0.25, 0.3) is 0 Å². The fourth-order valence-corrected chi connectivity index (χ4v) is 4.37. The molecule has 0 saturated carbocycles. The minimum absolute atomic E-state index is 0.0532. The molecule has 8 nitrogen and oxygen atoms in total. The monoisotopic (exact) mass is 519 g/mol. The Kier molecular flexibility index (Phi) is 9.23. The van der Waals surface area contributed by atoms with E-state index < -0.39 is 12.8 Å². The maximum Gasteiger partial charge on any atom is 0.422 e. The molecule has 1 aromatic rings. The van der Waals surface area contributed by atoms with Crippen LogP contribution in [0.1, 0.15) is 39.2 Å². The molecule has 11 heteroatoms. The normalized spacial score (nSPS) is 19.8. The second kappa shape index (κ2) is 12.2. The summed E-state index contributed by atoms with van der Waals surface area (Å²) in [5.41, 5.74) is 2.23. The SMILES string of the molecule is C=N/C(=N\C=C(/C)N1CCC(Cc2ccc(OCC(F)(F)F)nc2)C1=O)N1CC(C(=O)/C(=C\C)CC)C1. The first-order valence-corrected chi connectivity index (χ1v) is 12.2. The summed E-state index contributed by atoms with van der Waals surface area (Å²) in [5, 5.41) is 0. The van der Waals surface area contributed by atoms with Crippen molar-refractivity contribution in [2.75, 3.05) is 26.2 Å². The summed E-state index contributed by atoms with van der Waals surface area (Å²) in [6.07, 6.45) is 2.20. The van der Waals surface area contributed by atoms with Gasteiger partial charge in [-0.2, -0.15) is 13.2 Å². The molecule has 0 bridgehead atoms. The smallest absolute Gasteiger partial charge is 0.422 e. The van der Waals surface area contributed by atoms with Crippen molar-refractivity contribution in [3.8, 4) is 5.88 Å². The number of amides is 1. The summed E-state index contributed by atoms with van der Waals surface area (Å²) >= 11 is 0. The number of ether oxygens (including phenoxy) is 1. The van der Waals surface area contributed by atoms with Crippen LogP contribution in [0.25, 0.3) is 0 Å². The number of ketones is 1. The number of carbonyl (C=O) groups is 2. The van der Waals surface area contributed by atoms with Gasteiger partial charge in [-0.3, -0.25) is 9.59 Å². The number of carbonyl (C=O) groups excluding carboxylic acids is 2. The quantitative estimate of drug-likeness (QED) is 0.277. The molecule has 2 saturated heterocycles. The molecule has 0 aromatic carbocycles. The zero-order valence-electron chi connectivity index (χ0n) is 21.3. The molecule has 2 fully saturated rings. The Balaban J connectivity index is 1.55. The maximum absolute atomic E-state index is 13.0. The third-order valence-electron chi connectivity index (χ3n) is 6.49. The van der Waals surface area contributed by atoms with E-state index >= 15 is 0 Å². The van der Waals surface area contributed by atoms with Gasteiger partial charge in [-0.05, 0) is 51.0 Å². The first-order chi connectivity index (χ1) is 17.6. The molecule has 2 aliphatic heterocycles. The molecule has 0 N–H and O–H groups in total. The zero-order valence-corrected chi connectivity index (χ0v) is 21.3. The van der Waals surface area contributed by atoms with Crippen molar-refractivity contribution in [3.63, 3.8) is 0 Å². The van der Waals surface area contributed by atoms with Crippen molar-refractivity contribution in [1.82, 2.24) is 14.8 Å². The molecule has 200 valence electrons. The van der Waals surface area contributed by atoms with Crippen LogP contribution in [0.5, 0.6) is 5.88 Å². The number of hydrogen-bond acceptors (Lipinski definition) is 5. The Morgan fingerprint density at radius 1 is 1.32 bits per heavy atom. The highest BCUT2D eigenvalue weighted by Crippen LogP contribution is 2.27. The molecule has 37 heavy (non-hydrogen) atoms. The van der Waals surface area contributed by atoms with Gasteiger partial charge in [0.05, 0.1) is 12.1 Å². The molecule has 2 aliphatic rings. The number of hydrogen-bond donors (Lipinski definition) is 0. The van der Waals surface area contributed by atoms with E-state index in [2.05, 4.69) is 26.4 Å². The molecule has 1 amide bonds. The maximum atomic E-state index is 13.0. The van der Waals surface area contributed by atoms with E-state index in [1.807, 2.05) is 24.8 Å². The average Bonchev–Trinajstić information content (AvgIpc) is 3.19. The molecule has 0 aliphatic carbocycles. The number of aliphatic imine (C=N–C) groups is 2. The van der Waals surface area contributed by atoms with Crippen LogP contribution >= 0.6 is 0 Å². The Morgan fingerprint density at radius 3 is 2.62 bits per heavy atom. The lowest BCUT2D eigenvalue weighted by Crippen LogP contribution is -2.52. The molecule has 0 spiro atoms. The van der Waals surface area contributed by atoms with Gasteiger partial charge in [-0.15, -0.1) is 0 Å². The number of likely N-dealkylation sites (tertiary alicyclic amines) is 2. The van der Waals surface area contributed by atoms with Crippen LogP contribution in [-0.2, 0) is 16.0 Å². The van der Waals surface area contributed by atoms with E-state index in [0.717, 1.165) is 11.1 Å². The van der Waals surface area contributed by atoms with Crippen molar-refractivity contribution < 1.29 is 27.5 Å². The van der Waals surface area contributed by atoms with Gasteiger partial charge in [0.1, 0.15) is 0 Å². The second-order valence-corrected chi connectivity index (χ2v) is 9.08. The van der Waals surface area contributed by atoms with Gasteiger partial charge < -0.3 is 14.5 Å². The van der Waals surface area contributed by atoms with Crippen LogP contribution in [0.3, 0.4) is 0 Å². The average molecular weight is 520 g/mol. The molecular weight excluding hydrogens is 487 g/mol. The minimum atomic E-state index is -4.43. The van der Waals surface area contributed by atoms with Crippen molar-refractivity contribution >= 4 is 24.4 Å². The lowest BCUT2D eigenvalue weighted by Gasteiger charge is -2.39. The summed E-state index contributed by atoms with van der Waals surface area (Å²) in [5.74, 6) is 0.0445. The number of rotatable bonds is 9. The van der Waals surface area contributed by atoms with E-state index in [1.54, 1.807) is 24.1 Å². The van der Waals surface area contributed by atoms with Crippen molar-refractivity contribution in [2.45, 2.75) is 46.2 Å². The number of guanidine groups is 1. The summed E-state index contributed by atoms with van der Waals surface area (Å²) in [7, 11) is 0. The van der Waals surface area contributed by atoms with Crippen molar-refractivity contribution in [3.05, 3.63) is 47.4 Å². The zero-order chi connectivity index (χ0) is 27.2. The van der Waals surface area contributed by atoms with Gasteiger partial charge in [0.2, 0.25) is 17.7 Å². The third kappa shape index (κ3) is 7.27. The van der Waals surface area contributed by atoms with Gasteiger partial charge in [0, 0.05) is 43.5 Å². The molecule has 3 rings (SSSR count). The first kappa shape index (κ1) is 28.1. The standard InChI is InChI=1S/C26H32F3N5O3/c1-5-19(6-2)23(35)21-14-33(15-21)25(30-4)32-12-17(3)34-10-9-20(24(34)36)11-18-7-8-22(31-13-18)37-16-26(27,28)29/h5,7-8,12-13,20-21H,4,6,9-11,14-16H2,1-3H3/b17-12+,19-5-,32-25+. The van der Waals surface area contributed by atoms with E-state index in [9.17, 15) is 22.8 Å². The number of halogens is 3. The summed E-state index contributed by atoms with van der Waals surface area (Å²) < 4.78 is 41.5. The fourth-order valence-electron chi connectivity index (χ4n) is 4.37. The minimum Gasteiger partial charge on any atom is -0.468 e. The van der Waals surface area contributed by atoms with Crippen LogP contribution in [0.2, 0.25) is 0 Å². The molecule has 1 unspecified atom stereocenters. The van der Waals surface area contributed by atoms with Crippen LogP contribution in [0.4, 0.5) is 13.2 Å². The van der Waals surface area contributed by atoms with E-state index in [1.165, 1.54) is 12.3 Å². The van der Waals surface area contributed by atoms with Crippen LogP contribution in [0, 0.1) is 11.8 Å². The summed E-state index contributed by atoms with van der Waals surface area (Å²) in [6, 6.07) is 2.99. The Hall–Kier alpha value is -3.50. The predicted molar refractivity (Wildman–Crippen MR) is 134 cm³/mol. The van der Waals surface area contributed by atoms with Crippen LogP contribution in [0.15, 0.2) is 51.9 Å². The van der Waals surface area contributed by atoms with Gasteiger partial charge in [-0.25, -0.2) is 15.0 Å². The van der Waals surface area contributed by atoms with E-state index in [4.69, 9.17) is 0 Å². The molecule has 3 heterocycles. The van der Waals surface area contributed by atoms with Gasteiger partial charge >= 0.3 is 6.18 Å². The Bertz CT molecular complexity index is 1090. The van der Waals surface area contributed by atoms with Gasteiger partial charge in [0.15, 0.2) is 12.4 Å². The van der Waals surface area contributed by atoms with Crippen molar-refractivity contribution in [1.29, 1.82) is 0 Å². The summed E-state index contributed by atoms with van der Waals surface area (Å²) in [4.78, 5) is 41.3. The fraction of sp³-hybridized carbons (Fsp3) is 0.500.